The van der Waals surface area contributed by atoms with E-state index in [2.05, 4.69) is 0 Å². The summed E-state index contributed by atoms with van der Waals surface area (Å²) in [6.45, 7) is 2.47. The Morgan fingerprint density at radius 2 is 2.12 bits per heavy atom. The molecular formula is C14H20FNO. The van der Waals surface area contributed by atoms with Crippen LogP contribution in [0.5, 0.6) is 5.75 Å². The number of hydrogen-bond donors (Lipinski definition) is 1. The van der Waals surface area contributed by atoms with Gasteiger partial charge in [-0.2, -0.15) is 0 Å². The summed E-state index contributed by atoms with van der Waals surface area (Å²) >= 11 is 0. The second-order valence-electron chi connectivity index (χ2n) is 4.94. The molecule has 0 amide bonds. The third kappa shape index (κ3) is 3.19. The number of hydrogen-bond acceptors (Lipinski definition) is 2. The molecule has 1 aliphatic carbocycles. The predicted molar refractivity (Wildman–Crippen MR) is 66.5 cm³/mol. The second-order valence-corrected chi connectivity index (χ2v) is 4.94. The van der Waals surface area contributed by atoms with E-state index >= 15 is 0 Å². The van der Waals surface area contributed by atoms with Gasteiger partial charge in [-0.3, -0.25) is 0 Å². The Bertz CT molecular complexity index is 372. The topological polar surface area (TPSA) is 35.2 Å². The van der Waals surface area contributed by atoms with Crippen molar-refractivity contribution in [3.05, 3.63) is 29.6 Å². The molecule has 1 aromatic rings. The third-order valence-electron chi connectivity index (χ3n) is 3.43. The van der Waals surface area contributed by atoms with E-state index < -0.39 is 0 Å². The van der Waals surface area contributed by atoms with Gasteiger partial charge in [-0.1, -0.05) is 18.9 Å². The van der Waals surface area contributed by atoms with Crippen LogP contribution in [0.4, 0.5) is 4.39 Å². The maximum absolute atomic E-state index is 13.7. The monoisotopic (exact) mass is 237 g/mol. The largest absolute Gasteiger partial charge is 0.490 e. The highest BCUT2D eigenvalue weighted by atomic mass is 19.1. The van der Waals surface area contributed by atoms with Crippen molar-refractivity contribution in [1.82, 2.24) is 0 Å². The molecule has 1 aromatic carbocycles. The molecule has 0 spiro atoms. The average molecular weight is 237 g/mol. The standard InChI is InChI=1S/C14H20FNO/c1-10(16)12-6-7-14(13(15)8-12)17-9-11-4-2-3-5-11/h6-8,10-11H,2-5,9,16H2,1H3. The van der Waals surface area contributed by atoms with E-state index in [1.54, 1.807) is 6.07 Å². The molecule has 2 N–H and O–H groups in total. The van der Waals surface area contributed by atoms with Crippen molar-refractivity contribution >= 4 is 0 Å². The zero-order valence-corrected chi connectivity index (χ0v) is 10.3. The van der Waals surface area contributed by atoms with Crippen LogP contribution in [0.15, 0.2) is 18.2 Å². The second kappa shape index (κ2) is 5.50. The van der Waals surface area contributed by atoms with Crippen molar-refractivity contribution in [2.75, 3.05) is 6.61 Å². The Hall–Kier alpha value is -1.09. The van der Waals surface area contributed by atoms with E-state index in [0.717, 1.165) is 5.56 Å². The van der Waals surface area contributed by atoms with Gasteiger partial charge in [0.15, 0.2) is 11.6 Å². The van der Waals surface area contributed by atoms with Crippen molar-refractivity contribution in [2.24, 2.45) is 11.7 Å². The molecule has 0 radical (unpaired) electrons. The lowest BCUT2D eigenvalue weighted by Crippen LogP contribution is -2.10. The van der Waals surface area contributed by atoms with Crippen molar-refractivity contribution < 1.29 is 9.13 Å². The van der Waals surface area contributed by atoms with Crippen LogP contribution in [0.3, 0.4) is 0 Å². The van der Waals surface area contributed by atoms with Crippen LogP contribution >= 0.6 is 0 Å². The summed E-state index contributed by atoms with van der Waals surface area (Å²) in [7, 11) is 0. The molecule has 1 fully saturated rings. The molecule has 1 saturated carbocycles. The molecule has 0 bridgehead atoms. The van der Waals surface area contributed by atoms with Gasteiger partial charge >= 0.3 is 0 Å². The summed E-state index contributed by atoms with van der Waals surface area (Å²) < 4.78 is 19.2. The van der Waals surface area contributed by atoms with E-state index in [9.17, 15) is 4.39 Å². The van der Waals surface area contributed by atoms with Gasteiger partial charge in [0.1, 0.15) is 0 Å². The normalized spacial score (nSPS) is 18.3. The minimum Gasteiger partial charge on any atom is -0.490 e. The quantitative estimate of drug-likeness (QED) is 0.871. The molecule has 1 unspecified atom stereocenters. The molecular weight excluding hydrogens is 217 g/mol. The summed E-state index contributed by atoms with van der Waals surface area (Å²) in [4.78, 5) is 0. The van der Waals surface area contributed by atoms with E-state index in [-0.39, 0.29) is 11.9 Å². The Kier molecular flexibility index (Phi) is 4.00. The molecule has 0 heterocycles. The predicted octanol–water partition coefficient (Wildman–Crippen LogP) is 3.41. The van der Waals surface area contributed by atoms with Crippen molar-refractivity contribution in [3.63, 3.8) is 0 Å². The summed E-state index contributed by atoms with van der Waals surface area (Å²) in [5, 5.41) is 0. The molecule has 2 rings (SSSR count). The van der Waals surface area contributed by atoms with Gasteiger partial charge in [0.2, 0.25) is 0 Å². The first-order valence-corrected chi connectivity index (χ1v) is 6.34. The Balaban J connectivity index is 1.96. The van der Waals surface area contributed by atoms with Crippen LogP contribution in [0.2, 0.25) is 0 Å². The Morgan fingerprint density at radius 3 is 2.71 bits per heavy atom. The van der Waals surface area contributed by atoms with E-state index in [1.165, 1.54) is 31.7 Å². The molecule has 17 heavy (non-hydrogen) atoms. The molecule has 94 valence electrons. The number of nitrogens with two attached hydrogens (primary N) is 1. The first-order valence-electron chi connectivity index (χ1n) is 6.34. The van der Waals surface area contributed by atoms with Crippen LogP contribution in [-0.4, -0.2) is 6.61 Å². The van der Waals surface area contributed by atoms with Gasteiger partial charge in [-0.15, -0.1) is 0 Å². The van der Waals surface area contributed by atoms with Crippen LogP contribution < -0.4 is 10.5 Å². The van der Waals surface area contributed by atoms with Crippen LogP contribution in [0.25, 0.3) is 0 Å². The fourth-order valence-electron chi connectivity index (χ4n) is 2.30. The lowest BCUT2D eigenvalue weighted by molar-refractivity contribution is 0.242. The Labute approximate surface area is 102 Å². The maximum Gasteiger partial charge on any atom is 0.165 e. The van der Waals surface area contributed by atoms with Gasteiger partial charge in [0, 0.05) is 6.04 Å². The van der Waals surface area contributed by atoms with Gasteiger partial charge in [-0.25, -0.2) is 4.39 Å². The van der Waals surface area contributed by atoms with Gasteiger partial charge < -0.3 is 10.5 Å². The minimum atomic E-state index is -0.308. The number of benzene rings is 1. The summed E-state index contributed by atoms with van der Waals surface area (Å²) in [5.74, 6) is 0.640. The van der Waals surface area contributed by atoms with E-state index in [4.69, 9.17) is 10.5 Å². The lowest BCUT2D eigenvalue weighted by atomic mass is 10.1. The minimum absolute atomic E-state index is 0.145. The highest BCUT2D eigenvalue weighted by molar-refractivity contribution is 5.30. The Morgan fingerprint density at radius 1 is 1.41 bits per heavy atom. The van der Waals surface area contributed by atoms with Crippen molar-refractivity contribution in [3.8, 4) is 5.75 Å². The molecule has 0 aliphatic heterocycles. The molecule has 0 aromatic heterocycles. The van der Waals surface area contributed by atoms with E-state index in [0.29, 0.717) is 18.3 Å². The number of ether oxygens (including phenoxy) is 1. The summed E-state index contributed by atoms with van der Waals surface area (Å²) in [5.41, 5.74) is 6.50. The van der Waals surface area contributed by atoms with Crippen LogP contribution in [0, 0.1) is 11.7 Å². The SMILES string of the molecule is CC(N)c1ccc(OCC2CCCC2)c(F)c1. The highest BCUT2D eigenvalue weighted by Gasteiger charge is 2.16. The zero-order chi connectivity index (χ0) is 12.3. The van der Waals surface area contributed by atoms with Gasteiger partial charge in [0.25, 0.3) is 0 Å². The van der Waals surface area contributed by atoms with Crippen LogP contribution in [0.1, 0.15) is 44.2 Å². The highest BCUT2D eigenvalue weighted by Crippen LogP contribution is 2.27. The fourth-order valence-corrected chi connectivity index (χ4v) is 2.30. The molecule has 1 atom stereocenters. The summed E-state index contributed by atoms with van der Waals surface area (Å²) in [6, 6.07) is 4.84. The first kappa shape index (κ1) is 12.4. The number of halogens is 1. The molecule has 0 saturated heterocycles. The molecule has 2 nitrogen and oxygen atoms in total. The van der Waals surface area contributed by atoms with Gasteiger partial charge in [-0.05, 0) is 43.4 Å². The zero-order valence-electron chi connectivity index (χ0n) is 10.3. The van der Waals surface area contributed by atoms with E-state index in [1.807, 2.05) is 13.0 Å². The fraction of sp³-hybridized carbons (Fsp3) is 0.571. The first-order chi connectivity index (χ1) is 8.16. The smallest absolute Gasteiger partial charge is 0.165 e. The molecule has 3 heteroatoms. The average Bonchev–Trinajstić information content (AvgIpc) is 2.80. The van der Waals surface area contributed by atoms with Crippen molar-refractivity contribution in [2.45, 2.75) is 38.6 Å². The summed E-state index contributed by atoms with van der Waals surface area (Å²) in [6.07, 6.45) is 4.97. The maximum atomic E-state index is 13.7. The van der Waals surface area contributed by atoms with Crippen molar-refractivity contribution in [1.29, 1.82) is 0 Å². The lowest BCUT2D eigenvalue weighted by Gasteiger charge is -2.13. The molecule has 1 aliphatic rings. The van der Waals surface area contributed by atoms with Crippen LogP contribution in [-0.2, 0) is 0 Å². The number of rotatable bonds is 4. The van der Waals surface area contributed by atoms with Gasteiger partial charge in [0.05, 0.1) is 6.61 Å². The third-order valence-corrected chi connectivity index (χ3v) is 3.43.